The molecule has 0 amide bonds. The standard InChI is InChI=1S/C9H16S/c1-8(2)6-9(7-8)4-3-5-10-9/h3-7H2,1-2H3. The van der Waals surface area contributed by atoms with Gasteiger partial charge in [-0.25, -0.2) is 0 Å². The van der Waals surface area contributed by atoms with Crippen LogP contribution < -0.4 is 0 Å². The Hall–Kier alpha value is 0.350. The van der Waals surface area contributed by atoms with E-state index in [1.165, 1.54) is 31.4 Å². The zero-order valence-corrected chi connectivity index (χ0v) is 7.76. The largest absolute Gasteiger partial charge is 0.155 e. The Labute approximate surface area is 67.8 Å². The summed E-state index contributed by atoms with van der Waals surface area (Å²) in [7, 11) is 0. The van der Waals surface area contributed by atoms with Crippen molar-refractivity contribution >= 4 is 11.8 Å². The summed E-state index contributed by atoms with van der Waals surface area (Å²) in [4.78, 5) is 0. The molecule has 1 saturated carbocycles. The second-order valence-electron chi connectivity index (χ2n) is 4.65. The maximum absolute atomic E-state index is 2.40. The van der Waals surface area contributed by atoms with E-state index in [4.69, 9.17) is 0 Å². The Bertz CT molecular complexity index is 133. The molecule has 1 aliphatic heterocycles. The highest BCUT2D eigenvalue weighted by atomic mass is 32.2. The highest BCUT2D eigenvalue weighted by Gasteiger charge is 2.50. The summed E-state index contributed by atoms with van der Waals surface area (Å²) in [6.45, 7) is 4.80. The van der Waals surface area contributed by atoms with Crippen molar-refractivity contribution in [1.29, 1.82) is 0 Å². The van der Waals surface area contributed by atoms with Crippen molar-refractivity contribution in [3.05, 3.63) is 0 Å². The van der Waals surface area contributed by atoms with Gasteiger partial charge in [-0.1, -0.05) is 13.8 Å². The van der Waals surface area contributed by atoms with E-state index in [-0.39, 0.29) is 0 Å². The summed E-state index contributed by atoms with van der Waals surface area (Å²) in [5.41, 5.74) is 0.678. The fraction of sp³-hybridized carbons (Fsp3) is 1.00. The van der Waals surface area contributed by atoms with Crippen molar-refractivity contribution in [2.75, 3.05) is 5.75 Å². The van der Waals surface area contributed by atoms with Crippen LogP contribution in [0.15, 0.2) is 0 Å². The van der Waals surface area contributed by atoms with Gasteiger partial charge < -0.3 is 0 Å². The third-order valence-corrected chi connectivity index (χ3v) is 4.38. The van der Waals surface area contributed by atoms with E-state index < -0.39 is 0 Å². The minimum atomic E-state index is 0.678. The van der Waals surface area contributed by atoms with Crippen LogP contribution in [-0.4, -0.2) is 10.5 Å². The van der Waals surface area contributed by atoms with Gasteiger partial charge in [0.25, 0.3) is 0 Å². The van der Waals surface area contributed by atoms with Crippen LogP contribution in [0.25, 0.3) is 0 Å². The molecule has 0 aromatic rings. The van der Waals surface area contributed by atoms with E-state index in [2.05, 4.69) is 25.6 Å². The minimum Gasteiger partial charge on any atom is -0.155 e. The molecule has 0 radical (unpaired) electrons. The Morgan fingerprint density at radius 2 is 1.90 bits per heavy atom. The normalized spacial score (nSPS) is 34.2. The highest BCUT2D eigenvalue weighted by Crippen LogP contribution is 2.60. The van der Waals surface area contributed by atoms with Crippen LogP contribution in [-0.2, 0) is 0 Å². The molecule has 0 aromatic heterocycles. The molecule has 2 fully saturated rings. The summed E-state index contributed by atoms with van der Waals surface area (Å²) in [5.74, 6) is 1.43. The molecule has 0 bridgehead atoms. The maximum atomic E-state index is 2.40. The van der Waals surface area contributed by atoms with Gasteiger partial charge in [-0.3, -0.25) is 0 Å². The van der Waals surface area contributed by atoms with E-state index >= 15 is 0 Å². The second-order valence-corrected chi connectivity index (χ2v) is 6.22. The minimum absolute atomic E-state index is 0.678. The fourth-order valence-electron chi connectivity index (χ4n) is 2.73. The Morgan fingerprint density at radius 1 is 1.20 bits per heavy atom. The van der Waals surface area contributed by atoms with Crippen LogP contribution >= 0.6 is 11.8 Å². The first kappa shape index (κ1) is 7.02. The van der Waals surface area contributed by atoms with Gasteiger partial charge in [0.2, 0.25) is 0 Å². The van der Waals surface area contributed by atoms with Gasteiger partial charge in [0, 0.05) is 4.75 Å². The maximum Gasteiger partial charge on any atom is 0.0170 e. The van der Waals surface area contributed by atoms with E-state index in [0.717, 1.165) is 4.75 Å². The van der Waals surface area contributed by atoms with Crippen molar-refractivity contribution in [2.45, 2.75) is 44.3 Å². The van der Waals surface area contributed by atoms with E-state index in [9.17, 15) is 0 Å². The molecule has 0 unspecified atom stereocenters. The van der Waals surface area contributed by atoms with Gasteiger partial charge >= 0.3 is 0 Å². The molecule has 1 heterocycles. The van der Waals surface area contributed by atoms with Crippen molar-refractivity contribution < 1.29 is 0 Å². The second kappa shape index (κ2) is 1.94. The lowest BCUT2D eigenvalue weighted by atomic mass is 9.62. The molecule has 0 nitrogen and oxygen atoms in total. The monoisotopic (exact) mass is 156 g/mol. The van der Waals surface area contributed by atoms with Crippen LogP contribution in [0.3, 0.4) is 0 Å². The van der Waals surface area contributed by atoms with Gasteiger partial charge in [0.05, 0.1) is 0 Å². The predicted molar refractivity (Wildman–Crippen MR) is 47.4 cm³/mol. The first-order valence-corrected chi connectivity index (χ1v) is 5.25. The number of hydrogen-bond donors (Lipinski definition) is 0. The molecule has 0 aromatic carbocycles. The molecule has 0 N–H and O–H groups in total. The van der Waals surface area contributed by atoms with Gasteiger partial charge in [-0.15, -0.1) is 0 Å². The average molecular weight is 156 g/mol. The lowest BCUT2D eigenvalue weighted by Gasteiger charge is -2.50. The SMILES string of the molecule is CC1(C)CC2(CCCS2)C1. The smallest absolute Gasteiger partial charge is 0.0170 e. The molecule has 1 saturated heterocycles. The summed E-state index contributed by atoms with van der Waals surface area (Å²) in [6, 6.07) is 0. The van der Waals surface area contributed by atoms with E-state index in [1.54, 1.807) is 0 Å². The van der Waals surface area contributed by atoms with Gasteiger partial charge in [0.1, 0.15) is 0 Å². The van der Waals surface area contributed by atoms with Crippen molar-refractivity contribution in [1.82, 2.24) is 0 Å². The lowest BCUT2D eigenvalue weighted by molar-refractivity contribution is 0.124. The van der Waals surface area contributed by atoms with Crippen LogP contribution in [0.5, 0.6) is 0 Å². The Balaban J connectivity index is 1.98. The third kappa shape index (κ3) is 0.990. The number of hydrogen-bond acceptors (Lipinski definition) is 1. The molecule has 58 valence electrons. The molecule has 1 spiro atoms. The predicted octanol–water partition coefficient (Wildman–Crippen LogP) is 3.07. The molecule has 1 aliphatic carbocycles. The molecule has 2 rings (SSSR count). The fourth-order valence-corrected chi connectivity index (χ4v) is 4.72. The first-order chi connectivity index (χ1) is 4.62. The first-order valence-electron chi connectivity index (χ1n) is 4.26. The van der Waals surface area contributed by atoms with Crippen molar-refractivity contribution in [2.24, 2.45) is 5.41 Å². The van der Waals surface area contributed by atoms with Gasteiger partial charge in [-0.05, 0) is 36.9 Å². The highest BCUT2D eigenvalue weighted by molar-refractivity contribution is 8.00. The molecule has 10 heavy (non-hydrogen) atoms. The van der Waals surface area contributed by atoms with Crippen molar-refractivity contribution in [3.63, 3.8) is 0 Å². The zero-order chi connectivity index (χ0) is 7.24. The third-order valence-electron chi connectivity index (χ3n) is 2.79. The summed E-state index contributed by atoms with van der Waals surface area (Å²) < 4.78 is 0.767. The quantitative estimate of drug-likeness (QED) is 0.519. The van der Waals surface area contributed by atoms with Crippen LogP contribution in [0.1, 0.15) is 39.5 Å². The van der Waals surface area contributed by atoms with Crippen molar-refractivity contribution in [3.8, 4) is 0 Å². The summed E-state index contributed by atoms with van der Waals surface area (Å²) >= 11 is 2.23. The Kier molecular flexibility index (Phi) is 1.36. The molecular formula is C9H16S. The summed E-state index contributed by atoms with van der Waals surface area (Å²) in [6.07, 6.45) is 5.93. The molecule has 0 atom stereocenters. The molecule has 2 aliphatic rings. The lowest BCUT2D eigenvalue weighted by Crippen LogP contribution is -2.44. The molecule has 1 heteroatoms. The zero-order valence-electron chi connectivity index (χ0n) is 6.94. The summed E-state index contributed by atoms with van der Waals surface area (Å²) in [5, 5.41) is 0. The number of thioether (sulfide) groups is 1. The van der Waals surface area contributed by atoms with Crippen LogP contribution in [0.4, 0.5) is 0 Å². The van der Waals surface area contributed by atoms with Gasteiger partial charge in [0.15, 0.2) is 0 Å². The average Bonchev–Trinajstić information content (AvgIpc) is 2.10. The topological polar surface area (TPSA) is 0 Å². The van der Waals surface area contributed by atoms with Crippen LogP contribution in [0.2, 0.25) is 0 Å². The Morgan fingerprint density at radius 3 is 2.30 bits per heavy atom. The molecular weight excluding hydrogens is 140 g/mol. The van der Waals surface area contributed by atoms with E-state index in [1.807, 2.05) is 0 Å². The number of rotatable bonds is 0. The van der Waals surface area contributed by atoms with Gasteiger partial charge in [-0.2, -0.15) is 11.8 Å². The van der Waals surface area contributed by atoms with Crippen LogP contribution in [0, 0.1) is 5.41 Å². The van der Waals surface area contributed by atoms with E-state index in [0.29, 0.717) is 5.41 Å².